The average molecular weight is 206 g/mol. The highest BCUT2D eigenvalue weighted by Gasteiger charge is 2.16. The van der Waals surface area contributed by atoms with Crippen molar-refractivity contribution in [2.24, 2.45) is 0 Å². The van der Waals surface area contributed by atoms with Crippen molar-refractivity contribution in [2.45, 2.75) is 32.7 Å². The molecule has 0 saturated carbocycles. The fourth-order valence-electron chi connectivity index (χ4n) is 1.29. The highest BCUT2D eigenvalue weighted by atomic mass is 16.3. The molecule has 4 heteroatoms. The summed E-state index contributed by atoms with van der Waals surface area (Å²) in [5, 5.41) is 11.4. The summed E-state index contributed by atoms with van der Waals surface area (Å²) in [6.07, 6.45) is 2.98. The van der Waals surface area contributed by atoms with Gasteiger partial charge in [0, 0.05) is 5.56 Å². The molecule has 0 aliphatic carbocycles. The van der Waals surface area contributed by atoms with E-state index in [9.17, 15) is 4.79 Å². The number of nitriles is 1. The standard InChI is InChI=1S/C11H14N2O2/c1-3-4-9(7-12)13-11(14)10-8(2)5-6-15-10/h5-6,9H,3-4H2,1-2H3,(H,13,14). The molecule has 80 valence electrons. The first-order chi connectivity index (χ1) is 7.19. The van der Waals surface area contributed by atoms with E-state index in [0.717, 1.165) is 12.0 Å². The van der Waals surface area contributed by atoms with Crippen LogP contribution in [0.2, 0.25) is 0 Å². The summed E-state index contributed by atoms with van der Waals surface area (Å²) in [7, 11) is 0. The predicted octanol–water partition coefficient (Wildman–Crippen LogP) is 2.01. The summed E-state index contributed by atoms with van der Waals surface area (Å²) in [6.45, 7) is 3.76. The Morgan fingerprint density at radius 3 is 2.93 bits per heavy atom. The minimum Gasteiger partial charge on any atom is -0.459 e. The Hall–Kier alpha value is -1.76. The first-order valence-corrected chi connectivity index (χ1v) is 4.93. The van der Waals surface area contributed by atoms with Gasteiger partial charge in [-0.15, -0.1) is 0 Å². The van der Waals surface area contributed by atoms with E-state index in [1.54, 1.807) is 13.0 Å². The van der Waals surface area contributed by atoms with E-state index in [1.165, 1.54) is 6.26 Å². The molecule has 1 atom stereocenters. The smallest absolute Gasteiger partial charge is 0.288 e. The monoisotopic (exact) mass is 206 g/mol. The number of carbonyl (C=O) groups excluding carboxylic acids is 1. The normalized spacial score (nSPS) is 11.8. The van der Waals surface area contributed by atoms with Crippen LogP contribution < -0.4 is 5.32 Å². The summed E-state index contributed by atoms with van der Waals surface area (Å²) in [4.78, 5) is 11.6. The van der Waals surface area contributed by atoms with Crippen LogP contribution in [0.1, 0.15) is 35.9 Å². The van der Waals surface area contributed by atoms with Crippen LogP contribution in [0, 0.1) is 18.3 Å². The summed E-state index contributed by atoms with van der Waals surface area (Å²) in [5.74, 6) is -0.0381. The molecule has 0 aliphatic rings. The third kappa shape index (κ3) is 2.84. The van der Waals surface area contributed by atoms with Gasteiger partial charge in [-0.25, -0.2) is 0 Å². The van der Waals surface area contributed by atoms with Crippen molar-refractivity contribution < 1.29 is 9.21 Å². The van der Waals surface area contributed by atoms with E-state index in [1.807, 2.05) is 13.0 Å². The van der Waals surface area contributed by atoms with Crippen molar-refractivity contribution >= 4 is 5.91 Å². The van der Waals surface area contributed by atoms with Gasteiger partial charge < -0.3 is 9.73 Å². The predicted molar refractivity (Wildman–Crippen MR) is 55.2 cm³/mol. The molecule has 1 rings (SSSR count). The zero-order valence-electron chi connectivity index (χ0n) is 8.91. The molecule has 1 unspecified atom stereocenters. The molecule has 0 fully saturated rings. The van der Waals surface area contributed by atoms with E-state index in [-0.39, 0.29) is 11.7 Å². The van der Waals surface area contributed by atoms with E-state index in [4.69, 9.17) is 9.68 Å². The first kappa shape index (κ1) is 11.3. The molecule has 4 nitrogen and oxygen atoms in total. The fraction of sp³-hybridized carbons (Fsp3) is 0.455. The highest BCUT2D eigenvalue weighted by molar-refractivity contribution is 5.93. The van der Waals surface area contributed by atoms with Gasteiger partial charge in [-0.3, -0.25) is 4.79 Å². The van der Waals surface area contributed by atoms with E-state index in [0.29, 0.717) is 6.42 Å². The second-order valence-corrected chi connectivity index (χ2v) is 3.38. The fourth-order valence-corrected chi connectivity index (χ4v) is 1.29. The van der Waals surface area contributed by atoms with Crippen molar-refractivity contribution in [3.63, 3.8) is 0 Å². The van der Waals surface area contributed by atoms with Gasteiger partial charge in [0.2, 0.25) is 0 Å². The molecule has 1 aromatic heterocycles. The van der Waals surface area contributed by atoms with Gasteiger partial charge in [-0.1, -0.05) is 13.3 Å². The zero-order valence-corrected chi connectivity index (χ0v) is 8.91. The number of carbonyl (C=O) groups is 1. The molecule has 0 aliphatic heterocycles. The van der Waals surface area contributed by atoms with Gasteiger partial charge in [0.15, 0.2) is 5.76 Å². The quantitative estimate of drug-likeness (QED) is 0.819. The maximum atomic E-state index is 11.6. The average Bonchev–Trinajstić information content (AvgIpc) is 2.63. The number of hydrogen-bond acceptors (Lipinski definition) is 3. The van der Waals surface area contributed by atoms with Crippen LogP contribution in [0.4, 0.5) is 0 Å². The number of nitrogens with one attached hydrogen (secondary N) is 1. The lowest BCUT2D eigenvalue weighted by molar-refractivity contribution is 0.0915. The number of hydrogen-bond donors (Lipinski definition) is 1. The SMILES string of the molecule is CCCC(C#N)NC(=O)c1occc1C. The molecule has 1 N–H and O–H groups in total. The minimum absolute atomic E-state index is 0.284. The third-order valence-corrected chi connectivity index (χ3v) is 2.11. The molecular formula is C11H14N2O2. The zero-order chi connectivity index (χ0) is 11.3. The molecule has 0 spiro atoms. The van der Waals surface area contributed by atoms with Crippen LogP contribution >= 0.6 is 0 Å². The number of aryl methyl sites for hydroxylation is 1. The van der Waals surface area contributed by atoms with Gasteiger partial charge >= 0.3 is 0 Å². The van der Waals surface area contributed by atoms with Crippen LogP contribution in [0.5, 0.6) is 0 Å². The van der Waals surface area contributed by atoms with Crippen LogP contribution in [0.3, 0.4) is 0 Å². The van der Waals surface area contributed by atoms with Crippen molar-refractivity contribution in [1.29, 1.82) is 5.26 Å². The Morgan fingerprint density at radius 1 is 1.73 bits per heavy atom. The number of furan rings is 1. The molecule has 0 aromatic carbocycles. The maximum absolute atomic E-state index is 11.6. The number of amides is 1. The molecule has 0 saturated heterocycles. The molecule has 0 radical (unpaired) electrons. The Morgan fingerprint density at radius 2 is 2.47 bits per heavy atom. The molecular weight excluding hydrogens is 192 g/mol. The number of nitrogens with zero attached hydrogens (tertiary/aromatic N) is 1. The number of rotatable bonds is 4. The topological polar surface area (TPSA) is 66.0 Å². The lowest BCUT2D eigenvalue weighted by Gasteiger charge is -2.08. The largest absolute Gasteiger partial charge is 0.459 e. The lowest BCUT2D eigenvalue weighted by atomic mass is 10.2. The third-order valence-electron chi connectivity index (χ3n) is 2.11. The Bertz CT molecular complexity index is 376. The van der Waals surface area contributed by atoms with E-state index in [2.05, 4.69) is 5.32 Å². The van der Waals surface area contributed by atoms with Gasteiger partial charge in [0.25, 0.3) is 5.91 Å². The van der Waals surface area contributed by atoms with Crippen LogP contribution in [-0.4, -0.2) is 11.9 Å². The van der Waals surface area contributed by atoms with E-state index >= 15 is 0 Å². The van der Waals surface area contributed by atoms with Crippen molar-refractivity contribution in [3.05, 3.63) is 23.7 Å². The maximum Gasteiger partial charge on any atom is 0.288 e. The van der Waals surface area contributed by atoms with Crippen molar-refractivity contribution in [1.82, 2.24) is 5.32 Å². The second-order valence-electron chi connectivity index (χ2n) is 3.38. The first-order valence-electron chi connectivity index (χ1n) is 4.93. The molecule has 0 bridgehead atoms. The molecule has 1 amide bonds. The van der Waals surface area contributed by atoms with Crippen LogP contribution in [-0.2, 0) is 0 Å². The second kappa shape index (κ2) is 5.20. The van der Waals surface area contributed by atoms with Crippen molar-refractivity contribution in [3.8, 4) is 6.07 Å². The lowest BCUT2D eigenvalue weighted by Crippen LogP contribution is -2.33. The summed E-state index contributed by atoms with van der Waals surface area (Å²) in [5.41, 5.74) is 0.778. The van der Waals surface area contributed by atoms with Gasteiger partial charge in [-0.05, 0) is 19.4 Å². The van der Waals surface area contributed by atoms with E-state index < -0.39 is 6.04 Å². The summed E-state index contributed by atoms with van der Waals surface area (Å²) < 4.78 is 5.03. The highest BCUT2D eigenvalue weighted by Crippen LogP contribution is 2.09. The van der Waals surface area contributed by atoms with Crippen LogP contribution in [0.15, 0.2) is 16.7 Å². The van der Waals surface area contributed by atoms with Crippen LogP contribution in [0.25, 0.3) is 0 Å². The Labute approximate surface area is 88.9 Å². The molecule has 1 aromatic rings. The Kier molecular flexibility index (Phi) is 3.92. The van der Waals surface area contributed by atoms with Gasteiger partial charge in [-0.2, -0.15) is 5.26 Å². The minimum atomic E-state index is -0.438. The summed E-state index contributed by atoms with van der Waals surface area (Å²) in [6, 6.07) is 3.32. The molecule has 1 heterocycles. The summed E-state index contributed by atoms with van der Waals surface area (Å²) >= 11 is 0. The van der Waals surface area contributed by atoms with Crippen molar-refractivity contribution in [2.75, 3.05) is 0 Å². The Balaban J connectivity index is 2.64. The molecule has 15 heavy (non-hydrogen) atoms. The van der Waals surface area contributed by atoms with Gasteiger partial charge in [0.05, 0.1) is 12.3 Å². The van der Waals surface area contributed by atoms with Gasteiger partial charge in [0.1, 0.15) is 6.04 Å².